The summed E-state index contributed by atoms with van der Waals surface area (Å²) in [6.45, 7) is 2.02. The van der Waals surface area contributed by atoms with Crippen LogP contribution in [-0.4, -0.2) is 21.9 Å². The fourth-order valence-corrected chi connectivity index (χ4v) is 2.24. The summed E-state index contributed by atoms with van der Waals surface area (Å²) in [5.41, 5.74) is 4.24. The fourth-order valence-electron chi connectivity index (χ4n) is 2.24. The van der Waals surface area contributed by atoms with E-state index in [1.54, 1.807) is 13.3 Å². The molecule has 0 atom stereocenters. The predicted molar refractivity (Wildman–Crippen MR) is 75.2 cm³/mol. The minimum atomic E-state index is 0.811. The Hall–Kier alpha value is -2.36. The Balaban J connectivity index is 2.10. The maximum Gasteiger partial charge on any atom is 0.140 e. The minimum absolute atomic E-state index is 0.811. The molecule has 0 saturated carbocycles. The Morgan fingerprint density at radius 3 is 2.74 bits per heavy atom. The van der Waals surface area contributed by atoms with Gasteiger partial charge in [-0.15, -0.1) is 0 Å². The molecule has 19 heavy (non-hydrogen) atoms. The van der Waals surface area contributed by atoms with E-state index in [0.717, 1.165) is 33.5 Å². The third kappa shape index (κ3) is 1.95. The predicted octanol–water partition coefficient (Wildman–Crippen LogP) is 2.95. The number of benzene rings is 1. The van der Waals surface area contributed by atoms with Crippen molar-refractivity contribution in [2.75, 3.05) is 7.11 Å². The highest BCUT2D eigenvalue weighted by molar-refractivity contribution is 5.83. The molecule has 0 aliphatic heterocycles. The lowest BCUT2D eigenvalue weighted by atomic mass is 10.1. The molecule has 0 aliphatic carbocycles. The van der Waals surface area contributed by atoms with E-state index in [1.165, 1.54) is 0 Å². The van der Waals surface area contributed by atoms with Gasteiger partial charge in [-0.2, -0.15) is 5.10 Å². The summed E-state index contributed by atoms with van der Waals surface area (Å²) in [6.07, 6.45) is 3.63. The number of pyridine rings is 1. The lowest BCUT2D eigenvalue weighted by Gasteiger charge is -2.07. The third-order valence-electron chi connectivity index (χ3n) is 3.32. The Kier molecular flexibility index (Phi) is 2.71. The van der Waals surface area contributed by atoms with E-state index in [1.807, 2.05) is 30.9 Å². The second-order valence-electron chi connectivity index (χ2n) is 4.58. The van der Waals surface area contributed by atoms with Gasteiger partial charge in [0, 0.05) is 18.0 Å². The normalized spacial score (nSPS) is 10.9. The number of fused-ring (bicyclic) bond motifs is 1. The highest BCUT2D eigenvalue weighted by Gasteiger charge is 2.06. The van der Waals surface area contributed by atoms with Crippen molar-refractivity contribution in [3.05, 3.63) is 42.2 Å². The van der Waals surface area contributed by atoms with Gasteiger partial charge in [-0.25, -0.2) is 0 Å². The fraction of sp³-hybridized carbons (Fsp3) is 0.200. The molecule has 0 bridgehead atoms. The van der Waals surface area contributed by atoms with Gasteiger partial charge in [0.15, 0.2) is 0 Å². The van der Waals surface area contributed by atoms with E-state index in [9.17, 15) is 0 Å². The maximum atomic E-state index is 5.23. The van der Waals surface area contributed by atoms with Gasteiger partial charge in [0.05, 0.1) is 30.7 Å². The first-order valence-electron chi connectivity index (χ1n) is 6.12. The molecule has 3 aromatic rings. The summed E-state index contributed by atoms with van der Waals surface area (Å²) >= 11 is 0. The van der Waals surface area contributed by atoms with Gasteiger partial charge in [0.1, 0.15) is 5.75 Å². The highest BCUT2D eigenvalue weighted by Crippen LogP contribution is 2.26. The SMILES string of the molecule is COc1cnc(-c2ccc3c(cnn3C)c2)cc1C. The number of aryl methyl sites for hydroxylation is 2. The molecule has 1 aromatic carbocycles. The summed E-state index contributed by atoms with van der Waals surface area (Å²) < 4.78 is 7.10. The van der Waals surface area contributed by atoms with Gasteiger partial charge in [0.25, 0.3) is 0 Å². The Morgan fingerprint density at radius 1 is 1.16 bits per heavy atom. The molecule has 0 radical (unpaired) electrons. The summed E-state index contributed by atoms with van der Waals surface area (Å²) in [7, 11) is 3.60. The van der Waals surface area contributed by atoms with Crippen LogP contribution < -0.4 is 4.74 Å². The molecule has 0 spiro atoms. The Morgan fingerprint density at radius 2 is 2.00 bits per heavy atom. The first-order valence-corrected chi connectivity index (χ1v) is 6.12. The van der Waals surface area contributed by atoms with E-state index in [0.29, 0.717) is 0 Å². The molecule has 0 unspecified atom stereocenters. The molecule has 0 saturated heterocycles. The minimum Gasteiger partial charge on any atom is -0.495 e. The summed E-state index contributed by atoms with van der Waals surface area (Å²) in [6, 6.07) is 8.28. The molecule has 4 heteroatoms. The van der Waals surface area contributed by atoms with Crippen molar-refractivity contribution in [3.63, 3.8) is 0 Å². The van der Waals surface area contributed by atoms with E-state index in [4.69, 9.17) is 4.74 Å². The van der Waals surface area contributed by atoms with Crippen molar-refractivity contribution >= 4 is 10.9 Å². The first kappa shape index (κ1) is 11.7. The van der Waals surface area contributed by atoms with Gasteiger partial charge in [0.2, 0.25) is 0 Å². The van der Waals surface area contributed by atoms with Crippen LogP contribution in [-0.2, 0) is 7.05 Å². The average molecular weight is 253 g/mol. The van der Waals surface area contributed by atoms with Crippen LogP contribution >= 0.6 is 0 Å². The molecule has 2 aromatic heterocycles. The van der Waals surface area contributed by atoms with Crippen LogP contribution in [0.25, 0.3) is 22.2 Å². The summed E-state index contributed by atoms with van der Waals surface area (Å²) in [5.74, 6) is 0.811. The van der Waals surface area contributed by atoms with Crippen LogP contribution in [0.3, 0.4) is 0 Å². The number of aromatic nitrogens is 3. The lowest BCUT2D eigenvalue weighted by molar-refractivity contribution is 0.410. The van der Waals surface area contributed by atoms with E-state index in [2.05, 4.69) is 28.3 Å². The number of hydrogen-bond donors (Lipinski definition) is 0. The third-order valence-corrected chi connectivity index (χ3v) is 3.32. The number of hydrogen-bond acceptors (Lipinski definition) is 3. The molecule has 96 valence electrons. The van der Waals surface area contributed by atoms with Crippen molar-refractivity contribution in [1.29, 1.82) is 0 Å². The largest absolute Gasteiger partial charge is 0.495 e. The molecule has 0 N–H and O–H groups in total. The number of rotatable bonds is 2. The lowest BCUT2D eigenvalue weighted by Crippen LogP contribution is -1.91. The molecule has 4 nitrogen and oxygen atoms in total. The average Bonchev–Trinajstić information content (AvgIpc) is 2.80. The number of nitrogens with zero attached hydrogens (tertiary/aromatic N) is 3. The van der Waals surface area contributed by atoms with Gasteiger partial charge >= 0.3 is 0 Å². The molecular formula is C15H15N3O. The molecule has 0 fully saturated rings. The van der Waals surface area contributed by atoms with Crippen molar-refractivity contribution in [3.8, 4) is 17.0 Å². The zero-order valence-corrected chi connectivity index (χ0v) is 11.2. The van der Waals surface area contributed by atoms with Crippen molar-refractivity contribution in [1.82, 2.24) is 14.8 Å². The van der Waals surface area contributed by atoms with Crippen LogP contribution in [0.15, 0.2) is 36.7 Å². The van der Waals surface area contributed by atoms with Crippen LogP contribution in [0.5, 0.6) is 5.75 Å². The van der Waals surface area contributed by atoms with Gasteiger partial charge in [-0.1, -0.05) is 6.07 Å². The molecule has 0 amide bonds. The van der Waals surface area contributed by atoms with E-state index >= 15 is 0 Å². The monoisotopic (exact) mass is 253 g/mol. The number of ether oxygens (including phenoxy) is 1. The van der Waals surface area contributed by atoms with E-state index < -0.39 is 0 Å². The van der Waals surface area contributed by atoms with Crippen LogP contribution in [0.1, 0.15) is 5.56 Å². The second-order valence-corrected chi connectivity index (χ2v) is 4.58. The maximum absolute atomic E-state index is 5.23. The zero-order valence-electron chi connectivity index (χ0n) is 11.2. The van der Waals surface area contributed by atoms with Gasteiger partial charge in [-0.3, -0.25) is 9.67 Å². The Labute approximate surface area is 111 Å². The quantitative estimate of drug-likeness (QED) is 0.705. The zero-order chi connectivity index (χ0) is 13.4. The topological polar surface area (TPSA) is 39.9 Å². The van der Waals surface area contributed by atoms with Crippen molar-refractivity contribution in [2.24, 2.45) is 7.05 Å². The van der Waals surface area contributed by atoms with Gasteiger partial charge < -0.3 is 4.74 Å². The smallest absolute Gasteiger partial charge is 0.140 e. The molecule has 2 heterocycles. The highest BCUT2D eigenvalue weighted by atomic mass is 16.5. The summed E-state index contributed by atoms with van der Waals surface area (Å²) in [5, 5.41) is 5.37. The van der Waals surface area contributed by atoms with Gasteiger partial charge in [-0.05, 0) is 30.7 Å². The molecular weight excluding hydrogens is 238 g/mol. The second kappa shape index (κ2) is 4.39. The molecule has 3 rings (SSSR count). The Bertz CT molecular complexity index is 746. The van der Waals surface area contributed by atoms with Crippen molar-refractivity contribution < 1.29 is 4.74 Å². The van der Waals surface area contributed by atoms with E-state index in [-0.39, 0.29) is 0 Å². The standard InChI is InChI=1S/C15H15N3O/c1-10-6-13(16-9-15(10)19-3)11-4-5-14-12(7-11)8-17-18(14)2/h4-9H,1-3H3. The first-order chi connectivity index (χ1) is 9.19. The van der Waals surface area contributed by atoms with Crippen LogP contribution in [0, 0.1) is 6.92 Å². The van der Waals surface area contributed by atoms with Crippen LogP contribution in [0.2, 0.25) is 0 Å². The molecule has 0 aliphatic rings. The number of methoxy groups -OCH3 is 1. The van der Waals surface area contributed by atoms with Crippen molar-refractivity contribution in [2.45, 2.75) is 6.92 Å². The van der Waals surface area contributed by atoms with Crippen LogP contribution in [0.4, 0.5) is 0 Å². The summed E-state index contributed by atoms with van der Waals surface area (Å²) in [4.78, 5) is 4.44.